The lowest BCUT2D eigenvalue weighted by molar-refractivity contribution is -0.132. The van der Waals surface area contributed by atoms with Crippen LogP contribution in [0.4, 0.5) is 0 Å². The molecule has 0 aromatic rings. The van der Waals surface area contributed by atoms with Crippen molar-refractivity contribution in [3.05, 3.63) is 0 Å². The Morgan fingerprint density at radius 2 is 2.27 bits per heavy atom. The molecule has 3 saturated heterocycles. The fourth-order valence-electron chi connectivity index (χ4n) is 2.83. The van der Waals surface area contributed by atoms with Gasteiger partial charge in [-0.05, 0) is 18.8 Å². The highest BCUT2D eigenvalue weighted by Crippen LogP contribution is 2.37. The predicted molar refractivity (Wildman–Crippen MR) is 39.9 cm³/mol. The summed E-state index contributed by atoms with van der Waals surface area (Å²) >= 11 is 0. The third-order valence-corrected chi connectivity index (χ3v) is 3.39. The molecule has 0 aromatic carbocycles. The van der Waals surface area contributed by atoms with E-state index in [2.05, 4.69) is 10.6 Å². The highest BCUT2D eigenvalue weighted by atomic mass is 16.2. The zero-order valence-electron chi connectivity index (χ0n) is 6.34. The number of hydrogen-bond donors (Lipinski definition) is 2. The van der Waals surface area contributed by atoms with E-state index in [0.29, 0.717) is 23.9 Å². The van der Waals surface area contributed by atoms with Crippen LogP contribution in [0.15, 0.2) is 0 Å². The standard InChI is InChI=1S/C8H12N2O/c11-8-4-1-5-3-9-6(2-4)7(5)10-8/h4-7,9H,1-3H2,(H,10,11). The summed E-state index contributed by atoms with van der Waals surface area (Å²) in [5.41, 5.74) is 0. The second kappa shape index (κ2) is 1.78. The van der Waals surface area contributed by atoms with E-state index in [-0.39, 0.29) is 0 Å². The van der Waals surface area contributed by atoms with Crippen LogP contribution in [-0.4, -0.2) is 24.5 Å². The Hall–Kier alpha value is -0.570. The zero-order valence-corrected chi connectivity index (χ0v) is 6.34. The molecule has 4 rings (SSSR count). The molecule has 3 aliphatic heterocycles. The summed E-state index contributed by atoms with van der Waals surface area (Å²) in [6.07, 6.45) is 2.20. The number of hydrogen-bond acceptors (Lipinski definition) is 2. The highest BCUT2D eigenvalue weighted by molar-refractivity contribution is 5.81. The van der Waals surface area contributed by atoms with Crippen molar-refractivity contribution >= 4 is 5.91 Å². The molecule has 2 N–H and O–H groups in total. The molecule has 0 aromatic heterocycles. The van der Waals surface area contributed by atoms with Gasteiger partial charge in [-0.15, -0.1) is 0 Å². The molecule has 3 heterocycles. The van der Waals surface area contributed by atoms with E-state index in [4.69, 9.17) is 0 Å². The summed E-state index contributed by atoms with van der Waals surface area (Å²) in [6, 6.07) is 1.06. The molecule has 60 valence electrons. The minimum Gasteiger partial charge on any atom is -0.351 e. The van der Waals surface area contributed by atoms with Crippen molar-refractivity contribution in [2.24, 2.45) is 11.8 Å². The molecule has 4 bridgehead atoms. The lowest BCUT2D eigenvalue weighted by Gasteiger charge is -2.40. The third kappa shape index (κ3) is 0.644. The van der Waals surface area contributed by atoms with Gasteiger partial charge in [-0.2, -0.15) is 0 Å². The molecule has 0 radical (unpaired) electrons. The van der Waals surface area contributed by atoms with Gasteiger partial charge in [0.05, 0.1) is 0 Å². The summed E-state index contributed by atoms with van der Waals surface area (Å²) in [5.74, 6) is 1.35. The van der Waals surface area contributed by atoms with Crippen molar-refractivity contribution in [3.8, 4) is 0 Å². The first-order valence-corrected chi connectivity index (χ1v) is 4.38. The molecule has 3 heteroatoms. The van der Waals surface area contributed by atoms with E-state index in [1.807, 2.05) is 0 Å². The van der Waals surface area contributed by atoms with Crippen LogP contribution in [0.3, 0.4) is 0 Å². The smallest absolute Gasteiger partial charge is 0.223 e. The van der Waals surface area contributed by atoms with Crippen LogP contribution in [-0.2, 0) is 4.79 Å². The lowest BCUT2D eigenvalue weighted by atomic mass is 9.74. The van der Waals surface area contributed by atoms with Crippen LogP contribution in [0.2, 0.25) is 0 Å². The monoisotopic (exact) mass is 152 g/mol. The fraction of sp³-hybridized carbons (Fsp3) is 0.875. The largest absolute Gasteiger partial charge is 0.351 e. The minimum absolute atomic E-state index is 0.297. The van der Waals surface area contributed by atoms with Gasteiger partial charge >= 0.3 is 0 Å². The zero-order chi connectivity index (χ0) is 7.42. The van der Waals surface area contributed by atoms with Gasteiger partial charge in [-0.3, -0.25) is 4.79 Å². The van der Waals surface area contributed by atoms with Crippen LogP contribution >= 0.6 is 0 Å². The van der Waals surface area contributed by atoms with E-state index in [0.717, 1.165) is 25.3 Å². The van der Waals surface area contributed by atoms with Gasteiger partial charge in [0.15, 0.2) is 0 Å². The molecule has 4 unspecified atom stereocenters. The summed E-state index contributed by atoms with van der Waals surface area (Å²) in [5, 5.41) is 6.53. The van der Waals surface area contributed by atoms with Gasteiger partial charge in [0, 0.05) is 24.5 Å². The first-order chi connectivity index (χ1) is 5.34. The van der Waals surface area contributed by atoms with Crippen LogP contribution in [0.1, 0.15) is 12.8 Å². The number of rotatable bonds is 0. The Balaban J connectivity index is 1.97. The number of carbonyl (C=O) groups excluding carboxylic acids is 1. The van der Waals surface area contributed by atoms with Gasteiger partial charge in [0.1, 0.15) is 0 Å². The Morgan fingerprint density at radius 3 is 3.00 bits per heavy atom. The number of amides is 1. The molecule has 11 heavy (non-hydrogen) atoms. The van der Waals surface area contributed by atoms with E-state index >= 15 is 0 Å². The maximum Gasteiger partial charge on any atom is 0.223 e. The van der Waals surface area contributed by atoms with Gasteiger partial charge < -0.3 is 10.6 Å². The second-order valence-corrected chi connectivity index (χ2v) is 3.98. The molecular weight excluding hydrogens is 140 g/mol. The second-order valence-electron chi connectivity index (χ2n) is 3.98. The minimum atomic E-state index is 0.297. The first kappa shape index (κ1) is 6.00. The van der Waals surface area contributed by atoms with Crippen LogP contribution < -0.4 is 10.6 Å². The topological polar surface area (TPSA) is 41.1 Å². The third-order valence-electron chi connectivity index (χ3n) is 3.39. The van der Waals surface area contributed by atoms with Gasteiger partial charge in [0.2, 0.25) is 5.91 Å². The van der Waals surface area contributed by atoms with Crippen LogP contribution in [0, 0.1) is 11.8 Å². The van der Waals surface area contributed by atoms with E-state index in [1.54, 1.807) is 0 Å². The molecule has 4 aliphatic rings. The van der Waals surface area contributed by atoms with Crippen molar-refractivity contribution in [1.82, 2.24) is 10.6 Å². The summed E-state index contributed by atoms with van der Waals surface area (Å²) in [7, 11) is 0. The molecular formula is C8H12N2O. The predicted octanol–water partition coefficient (Wildman–Crippen LogP) is -0.517. The van der Waals surface area contributed by atoms with E-state index < -0.39 is 0 Å². The van der Waals surface area contributed by atoms with Crippen molar-refractivity contribution < 1.29 is 4.79 Å². The molecule has 3 nitrogen and oxygen atoms in total. The number of nitrogens with one attached hydrogen (secondary N) is 2. The Labute approximate surface area is 65.5 Å². The lowest BCUT2D eigenvalue weighted by Crippen LogP contribution is -2.58. The molecule has 1 aliphatic carbocycles. The van der Waals surface area contributed by atoms with Gasteiger partial charge in [-0.25, -0.2) is 0 Å². The molecule has 0 spiro atoms. The van der Waals surface area contributed by atoms with Crippen molar-refractivity contribution in [2.45, 2.75) is 24.9 Å². The molecule has 1 amide bonds. The number of fused-ring (bicyclic) bond motifs is 1. The van der Waals surface area contributed by atoms with Crippen molar-refractivity contribution in [3.63, 3.8) is 0 Å². The average Bonchev–Trinajstić information content (AvgIpc) is 2.32. The summed E-state index contributed by atoms with van der Waals surface area (Å²) in [6.45, 7) is 1.12. The van der Waals surface area contributed by atoms with Gasteiger partial charge in [-0.1, -0.05) is 0 Å². The first-order valence-electron chi connectivity index (χ1n) is 4.38. The van der Waals surface area contributed by atoms with Gasteiger partial charge in [0.25, 0.3) is 0 Å². The molecule has 4 atom stereocenters. The summed E-state index contributed by atoms with van der Waals surface area (Å²) < 4.78 is 0. The average molecular weight is 152 g/mol. The normalized spacial score (nSPS) is 52.9. The Bertz CT molecular complexity index is 202. The van der Waals surface area contributed by atoms with E-state index in [9.17, 15) is 4.79 Å². The fourth-order valence-corrected chi connectivity index (χ4v) is 2.83. The molecule has 4 fully saturated rings. The van der Waals surface area contributed by atoms with Crippen molar-refractivity contribution in [1.29, 1.82) is 0 Å². The Kier molecular flexibility index (Phi) is 0.969. The maximum absolute atomic E-state index is 11.2. The van der Waals surface area contributed by atoms with Crippen LogP contribution in [0.25, 0.3) is 0 Å². The SMILES string of the molecule is O=C1NC2C3CNC2CC1C3. The molecule has 1 saturated carbocycles. The maximum atomic E-state index is 11.2. The Morgan fingerprint density at radius 1 is 1.36 bits per heavy atom. The van der Waals surface area contributed by atoms with Crippen molar-refractivity contribution in [2.75, 3.05) is 6.54 Å². The van der Waals surface area contributed by atoms with Crippen LogP contribution in [0.5, 0.6) is 0 Å². The quantitative estimate of drug-likeness (QED) is 0.490. The number of carbonyl (C=O) groups is 1. The van der Waals surface area contributed by atoms with E-state index in [1.165, 1.54) is 0 Å². The number of piperidine rings is 2. The summed E-state index contributed by atoms with van der Waals surface area (Å²) in [4.78, 5) is 11.2. The highest BCUT2D eigenvalue weighted by Gasteiger charge is 2.49.